The third-order valence-electron chi connectivity index (χ3n) is 7.81. The number of aromatic carboxylic acids is 1. The van der Waals surface area contributed by atoms with Crippen molar-refractivity contribution in [3.05, 3.63) is 95.1 Å². The quantitative estimate of drug-likeness (QED) is 0.391. The third-order valence-corrected chi connectivity index (χ3v) is 7.81. The largest absolute Gasteiger partial charge is 0.478 e. The first kappa shape index (κ1) is 20.0. The van der Waals surface area contributed by atoms with E-state index in [4.69, 9.17) is 4.74 Å². The van der Waals surface area contributed by atoms with Crippen LogP contribution in [0, 0.1) is 17.8 Å². The van der Waals surface area contributed by atoms with E-state index in [2.05, 4.69) is 11.4 Å². The molecule has 5 atom stereocenters. The number of benzene rings is 3. The Kier molecular flexibility index (Phi) is 4.72. The van der Waals surface area contributed by atoms with E-state index in [0.717, 1.165) is 16.8 Å². The molecule has 166 valence electrons. The molecule has 1 aliphatic heterocycles. The lowest BCUT2D eigenvalue weighted by molar-refractivity contribution is 0.0694. The summed E-state index contributed by atoms with van der Waals surface area (Å²) in [4.78, 5) is 24.3. The highest BCUT2D eigenvalue weighted by molar-refractivity contribution is 5.95. The molecule has 0 radical (unpaired) electrons. The van der Waals surface area contributed by atoms with E-state index in [9.17, 15) is 14.7 Å². The molecule has 33 heavy (non-hydrogen) atoms. The molecule has 6 rings (SSSR count). The first-order chi connectivity index (χ1) is 16.1. The summed E-state index contributed by atoms with van der Waals surface area (Å²) in [5.74, 6) is 1.32. The van der Waals surface area contributed by atoms with E-state index in [1.165, 1.54) is 19.3 Å². The summed E-state index contributed by atoms with van der Waals surface area (Å²) in [6, 6.07) is 22.3. The highest BCUT2D eigenvalue weighted by atomic mass is 16.5. The lowest BCUT2D eigenvalue weighted by atomic mass is 9.67. The number of rotatable bonds is 4. The maximum absolute atomic E-state index is 12.4. The Balaban J connectivity index is 1.32. The standard InChI is InChI=1S/C28H25NO4/c30-27(31)22-8-4-7-21-23-18-9-10-19(15-18)24(23)25(29-26(21)22)16-11-13-20(14-12-16)33-28(32)17-5-2-1-3-6-17/h1-8,11-14,18-19,23-25,29H,9-10,15H2,(H,30,31)/t18-,19-,23+,24+,25-/m0/s1. The monoisotopic (exact) mass is 439 g/mol. The van der Waals surface area contributed by atoms with Crippen molar-refractivity contribution >= 4 is 17.6 Å². The van der Waals surface area contributed by atoms with Crippen LogP contribution in [-0.2, 0) is 0 Å². The molecule has 5 heteroatoms. The number of hydrogen-bond donors (Lipinski definition) is 2. The van der Waals surface area contributed by atoms with Gasteiger partial charge >= 0.3 is 11.9 Å². The van der Waals surface area contributed by atoms with Crippen LogP contribution in [0.1, 0.15) is 63.1 Å². The van der Waals surface area contributed by atoms with Crippen LogP contribution in [-0.4, -0.2) is 17.0 Å². The molecule has 3 aromatic carbocycles. The number of ether oxygens (including phenoxy) is 1. The Hall–Kier alpha value is -3.60. The van der Waals surface area contributed by atoms with Crippen LogP contribution in [0.4, 0.5) is 5.69 Å². The zero-order valence-corrected chi connectivity index (χ0v) is 18.1. The number of carboxylic acid groups (broad SMARTS) is 1. The van der Waals surface area contributed by atoms with Crippen molar-refractivity contribution < 1.29 is 19.4 Å². The minimum atomic E-state index is -0.900. The number of carboxylic acids is 1. The van der Waals surface area contributed by atoms with Gasteiger partial charge in [0, 0.05) is 0 Å². The molecule has 2 bridgehead atoms. The maximum Gasteiger partial charge on any atom is 0.343 e. The Morgan fingerprint density at radius 3 is 2.39 bits per heavy atom. The second-order valence-electron chi connectivity index (χ2n) is 9.46. The summed E-state index contributed by atoms with van der Waals surface area (Å²) in [6.07, 6.45) is 3.69. The van der Waals surface area contributed by atoms with Crippen molar-refractivity contribution in [1.82, 2.24) is 0 Å². The van der Waals surface area contributed by atoms with E-state index >= 15 is 0 Å². The van der Waals surface area contributed by atoms with Gasteiger partial charge in [-0.1, -0.05) is 42.5 Å². The number of carbonyl (C=O) groups is 2. The average molecular weight is 440 g/mol. The summed E-state index contributed by atoms with van der Waals surface area (Å²) < 4.78 is 5.55. The average Bonchev–Trinajstić information content (AvgIpc) is 3.47. The van der Waals surface area contributed by atoms with E-state index in [-0.39, 0.29) is 12.0 Å². The van der Waals surface area contributed by atoms with Gasteiger partial charge in [-0.15, -0.1) is 0 Å². The van der Waals surface area contributed by atoms with E-state index in [0.29, 0.717) is 40.5 Å². The van der Waals surface area contributed by atoms with Crippen molar-refractivity contribution in [3.8, 4) is 5.75 Å². The normalized spacial score (nSPS) is 26.7. The third kappa shape index (κ3) is 3.30. The van der Waals surface area contributed by atoms with E-state index < -0.39 is 5.97 Å². The Morgan fingerprint density at radius 2 is 1.64 bits per heavy atom. The number of para-hydroxylation sites is 1. The molecular formula is C28H25NO4. The minimum Gasteiger partial charge on any atom is -0.478 e. The molecule has 2 aliphatic carbocycles. The van der Waals surface area contributed by atoms with Gasteiger partial charge < -0.3 is 15.2 Å². The fraction of sp³-hybridized carbons (Fsp3) is 0.286. The Labute approximate surface area is 192 Å². The molecule has 0 amide bonds. The molecule has 0 aromatic heterocycles. The summed E-state index contributed by atoms with van der Waals surface area (Å²) in [5.41, 5.74) is 3.88. The van der Waals surface area contributed by atoms with Gasteiger partial charge in [-0.05, 0) is 84.4 Å². The predicted octanol–water partition coefficient (Wildman–Crippen LogP) is 5.90. The fourth-order valence-electron chi connectivity index (χ4n) is 6.50. The maximum atomic E-state index is 12.4. The molecule has 5 nitrogen and oxygen atoms in total. The molecule has 3 aromatic rings. The van der Waals surface area contributed by atoms with Crippen molar-refractivity contribution in [2.75, 3.05) is 5.32 Å². The lowest BCUT2D eigenvalue weighted by Crippen LogP contribution is -2.36. The topological polar surface area (TPSA) is 75.6 Å². The van der Waals surface area contributed by atoms with Crippen molar-refractivity contribution in [2.24, 2.45) is 17.8 Å². The second kappa shape index (κ2) is 7.77. The van der Waals surface area contributed by atoms with Crippen LogP contribution in [0.3, 0.4) is 0 Å². The van der Waals surface area contributed by atoms with Gasteiger partial charge in [0.2, 0.25) is 0 Å². The summed E-state index contributed by atoms with van der Waals surface area (Å²) in [5, 5.41) is 13.4. The molecule has 0 spiro atoms. The number of esters is 1. The number of hydrogen-bond acceptors (Lipinski definition) is 4. The van der Waals surface area contributed by atoms with E-state index in [1.807, 2.05) is 48.5 Å². The van der Waals surface area contributed by atoms with Gasteiger partial charge in [0.1, 0.15) is 5.75 Å². The lowest BCUT2D eigenvalue weighted by Gasteiger charge is -2.44. The molecule has 1 heterocycles. The fourth-order valence-corrected chi connectivity index (χ4v) is 6.50. The molecule has 2 saturated carbocycles. The molecule has 3 aliphatic rings. The van der Waals surface area contributed by atoms with Gasteiger partial charge in [0.05, 0.1) is 22.9 Å². The molecular weight excluding hydrogens is 414 g/mol. The van der Waals surface area contributed by atoms with Crippen LogP contribution in [0.2, 0.25) is 0 Å². The van der Waals surface area contributed by atoms with Crippen LogP contribution in [0.5, 0.6) is 5.75 Å². The minimum absolute atomic E-state index is 0.0391. The highest BCUT2D eigenvalue weighted by Crippen LogP contribution is 2.64. The van der Waals surface area contributed by atoms with Gasteiger partial charge in [0.15, 0.2) is 0 Å². The smallest absolute Gasteiger partial charge is 0.343 e. The molecule has 2 N–H and O–H groups in total. The highest BCUT2D eigenvalue weighted by Gasteiger charge is 2.54. The zero-order chi connectivity index (χ0) is 22.5. The van der Waals surface area contributed by atoms with Crippen molar-refractivity contribution in [1.29, 1.82) is 0 Å². The van der Waals surface area contributed by atoms with E-state index in [1.54, 1.807) is 18.2 Å². The summed E-state index contributed by atoms with van der Waals surface area (Å²) in [7, 11) is 0. The summed E-state index contributed by atoms with van der Waals surface area (Å²) in [6.45, 7) is 0. The van der Waals surface area contributed by atoms with Gasteiger partial charge in [0.25, 0.3) is 0 Å². The number of carbonyl (C=O) groups excluding carboxylic acids is 1. The van der Waals surface area contributed by atoms with Crippen LogP contribution >= 0.6 is 0 Å². The molecule has 2 fully saturated rings. The van der Waals surface area contributed by atoms with Crippen LogP contribution < -0.4 is 10.1 Å². The SMILES string of the molecule is O=C(Oc1ccc([C@@H]2Nc3c(C(=O)O)cccc3[C@H]3[C@H]4CC[C@@H](C4)[C@H]32)cc1)c1ccccc1. The van der Waals surface area contributed by atoms with Gasteiger partial charge in [-0.25, -0.2) is 9.59 Å². The van der Waals surface area contributed by atoms with Crippen LogP contribution in [0.15, 0.2) is 72.8 Å². The van der Waals surface area contributed by atoms with Crippen LogP contribution in [0.25, 0.3) is 0 Å². The zero-order valence-electron chi connectivity index (χ0n) is 18.1. The first-order valence-electron chi connectivity index (χ1n) is 11.6. The van der Waals surface area contributed by atoms with Gasteiger partial charge in [-0.3, -0.25) is 0 Å². The molecule has 0 saturated heterocycles. The van der Waals surface area contributed by atoms with Gasteiger partial charge in [-0.2, -0.15) is 0 Å². The van der Waals surface area contributed by atoms with Crippen molar-refractivity contribution in [2.45, 2.75) is 31.2 Å². The molecule has 0 unspecified atom stereocenters. The number of fused-ring (bicyclic) bond motifs is 7. The predicted molar refractivity (Wildman–Crippen MR) is 125 cm³/mol. The Morgan fingerprint density at radius 1 is 0.879 bits per heavy atom. The van der Waals surface area contributed by atoms with Crippen molar-refractivity contribution in [3.63, 3.8) is 0 Å². The Bertz CT molecular complexity index is 1220. The summed E-state index contributed by atoms with van der Waals surface area (Å²) >= 11 is 0. The number of anilines is 1. The first-order valence-corrected chi connectivity index (χ1v) is 11.6. The number of nitrogens with one attached hydrogen (secondary N) is 1. The second-order valence-corrected chi connectivity index (χ2v) is 9.46.